The number of hydrogen-bond acceptors (Lipinski definition) is 2. The van der Waals surface area contributed by atoms with Gasteiger partial charge in [-0.1, -0.05) is 6.08 Å². The first-order valence-corrected chi connectivity index (χ1v) is 5.44. The van der Waals surface area contributed by atoms with Gasteiger partial charge in [-0.3, -0.25) is 4.79 Å². The van der Waals surface area contributed by atoms with Crippen molar-refractivity contribution in [2.45, 2.75) is 38.5 Å². The first kappa shape index (κ1) is 9.50. The molecule has 2 rings (SSSR count). The highest BCUT2D eigenvalue weighted by Gasteiger charge is 2.19. The van der Waals surface area contributed by atoms with Crippen LogP contribution in [0.1, 0.15) is 38.5 Å². The predicted octanol–water partition coefficient (Wildman–Crippen LogP) is 2.75. The van der Waals surface area contributed by atoms with E-state index in [1.165, 1.54) is 6.42 Å². The third-order valence-corrected chi connectivity index (χ3v) is 2.74. The van der Waals surface area contributed by atoms with Crippen LogP contribution >= 0.6 is 0 Å². The Morgan fingerprint density at radius 3 is 2.64 bits per heavy atom. The number of Topliss-reactive ketones (excluding diaryl/α,β-unsaturated/α-hetero) is 1. The van der Waals surface area contributed by atoms with Crippen molar-refractivity contribution in [1.29, 1.82) is 0 Å². The van der Waals surface area contributed by atoms with Gasteiger partial charge in [0.25, 0.3) is 0 Å². The lowest BCUT2D eigenvalue weighted by atomic mass is 9.95. The molecule has 0 amide bonds. The quantitative estimate of drug-likeness (QED) is 0.672. The van der Waals surface area contributed by atoms with Crippen LogP contribution in [-0.2, 0) is 9.53 Å². The van der Waals surface area contributed by atoms with Crippen molar-refractivity contribution >= 4 is 5.78 Å². The molecule has 1 aliphatic carbocycles. The minimum atomic E-state index is 0.129. The maximum Gasteiger partial charge on any atom is 0.222 e. The molecule has 0 unspecified atom stereocenters. The maximum absolute atomic E-state index is 11.9. The van der Waals surface area contributed by atoms with Gasteiger partial charge in [-0.15, -0.1) is 0 Å². The van der Waals surface area contributed by atoms with Crippen molar-refractivity contribution in [3.8, 4) is 0 Å². The molecule has 0 spiro atoms. The van der Waals surface area contributed by atoms with Crippen LogP contribution in [0.4, 0.5) is 0 Å². The Kier molecular flexibility index (Phi) is 3.02. The van der Waals surface area contributed by atoms with Crippen molar-refractivity contribution in [2.24, 2.45) is 0 Å². The minimum Gasteiger partial charge on any atom is -0.490 e. The Balaban J connectivity index is 2.06. The van der Waals surface area contributed by atoms with Crippen molar-refractivity contribution in [3.63, 3.8) is 0 Å². The predicted molar refractivity (Wildman–Crippen MR) is 54.8 cm³/mol. The molecule has 2 nitrogen and oxygen atoms in total. The molecule has 0 fully saturated rings. The molecular weight excluding hydrogens is 176 g/mol. The summed E-state index contributed by atoms with van der Waals surface area (Å²) in [6.45, 7) is 0.699. The molecular formula is C12H16O2. The van der Waals surface area contributed by atoms with Crippen LogP contribution in [0.25, 0.3) is 0 Å². The minimum absolute atomic E-state index is 0.129. The number of allylic oxidation sites excluding steroid dienone is 3. The van der Waals surface area contributed by atoms with E-state index >= 15 is 0 Å². The van der Waals surface area contributed by atoms with Gasteiger partial charge in [0.05, 0.1) is 6.61 Å². The van der Waals surface area contributed by atoms with Gasteiger partial charge in [-0.2, -0.15) is 0 Å². The van der Waals surface area contributed by atoms with E-state index in [1.807, 2.05) is 6.08 Å². The largest absolute Gasteiger partial charge is 0.490 e. The first-order chi connectivity index (χ1) is 6.88. The summed E-state index contributed by atoms with van der Waals surface area (Å²) < 4.78 is 5.36. The zero-order valence-electron chi connectivity index (χ0n) is 8.42. The Labute approximate surface area is 84.6 Å². The van der Waals surface area contributed by atoms with Gasteiger partial charge in [0.2, 0.25) is 5.78 Å². The van der Waals surface area contributed by atoms with Crippen LogP contribution in [0.2, 0.25) is 0 Å². The molecule has 0 N–H and O–H groups in total. The lowest BCUT2D eigenvalue weighted by Gasteiger charge is -2.17. The molecule has 76 valence electrons. The maximum atomic E-state index is 11.9. The van der Waals surface area contributed by atoms with E-state index in [2.05, 4.69) is 6.08 Å². The van der Waals surface area contributed by atoms with Gasteiger partial charge in [0.1, 0.15) is 0 Å². The summed E-state index contributed by atoms with van der Waals surface area (Å²) in [6, 6.07) is 0. The molecule has 0 aromatic rings. The van der Waals surface area contributed by atoms with Crippen LogP contribution in [0.15, 0.2) is 23.5 Å². The smallest absolute Gasteiger partial charge is 0.222 e. The summed E-state index contributed by atoms with van der Waals surface area (Å²) in [5.41, 5.74) is 0.962. The van der Waals surface area contributed by atoms with E-state index in [1.54, 1.807) is 0 Å². The second kappa shape index (κ2) is 4.45. The summed E-state index contributed by atoms with van der Waals surface area (Å²) in [6.07, 6.45) is 10.4. The fourth-order valence-corrected chi connectivity index (χ4v) is 1.92. The number of carbonyl (C=O) groups excluding carboxylic acids is 1. The number of ether oxygens (including phenoxy) is 1. The van der Waals surface area contributed by atoms with Gasteiger partial charge in [-0.25, -0.2) is 0 Å². The second-order valence-corrected chi connectivity index (χ2v) is 3.86. The normalized spacial score (nSPS) is 22.0. The highest BCUT2D eigenvalue weighted by Crippen LogP contribution is 2.22. The molecule has 2 heteroatoms. The number of ketones is 1. The van der Waals surface area contributed by atoms with E-state index in [-0.39, 0.29) is 5.78 Å². The van der Waals surface area contributed by atoms with E-state index < -0.39 is 0 Å². The summed E-state index contributed by atoms with van der Waals surface area (Å²) in [4.78, 5) is 11.9. The highest BCUT2D eigenvalue weighted by atomic mass is 16.5. The highest BCUT2D eigenvalue weighted by molar-refractivity contribution is 6.06. The fraction of sp³-hybridized carbons (Fsp3) is 0.583. The van der Waals surface area contributed by atoms with Gasteiger partial charge in [-0.05, 0) is 50.2 Å². The molecule has 0 saturated heterocycles. The topological polar surface area (TPSA) is 26.3 Å². The van der Waals surface area contributed by atoms with Crippen molar-refractivity contribution in [3.05, 3.63) is 23.5 Å². The molecule has 14 heavy (non-hydrogen) atoms. The average molecular weight is 192 g/mol. The molecule has 1 heterocycles. The standard InChI is InChI=1S/C12H16O2/c13-12(10-6-2-1-3-7-10)11-8-4-5-9-14-11/h6,8H,1-5,7,9H2. The monoisotopic (exact) mass is 192 g/mol. The van der Waals surface area contributed by atoms with Crippen molar-refractivity contribution < 1.29 is 9.53 Å². The lowest BCUT2D eigenvalue weighted by molar-refractivity contribution is -0.116. The molecule has 0 atom stereocenters. The molecule has 2 aliphatic rings. The average Bonchev–Trinajstić information content (AvgIpc) is 2.30. The number of hydrogen-bond donors (Lipinski definition) is 0. The Morgan fingerprint density at radius 1 is 1.14 bits per heavy atom. The van der Waals surface area contributed by atoms with Crippen LogP contribution in [0.5, 0.6) is 0 Å². The summed E-state index contributed by atoms with van der Waals surface area (Å²) >= 11 is 0. The summed E-state index contributed by atoms with van der Waals surface area (Å²) in [7, 11) is 0. The Bertz CT molecular complexity index is 259. The Hall–Kier alpha value is -1.05. The first-order valence-electron chi connectivity index (χ1n) is 5.44. The fourth-order valence-electron chi connectivity index (χ4n) is 1.92. The number of rotatable bonds is 2. The molecule has 0 aromatic carbocycles. The van der Waals surface area contributed by atoms with Gasteiger partial charge in [0, 0.05) is 0 Å². The molecule has 0 bridgehead atoms. The molecule has 0 aromatic heterocycles. The Morgan fingerprint density at radius 2 is 2.00 bits per heavy atom. The van der Waals surface area contributed by atoms with E-state index in [9.17, 15) is 4.79 Å². The van der Waals surface area contributed by atoms with Crippen molar-refractivity contribution in [2.75, 3.05) is 6.61 Å². The SMILES string of the molecule is O=C(C1=CCCCC1)C1=CCCCO1. The van der Waals surface area contributed by atoms with Crippen LogP contribution in [-0.4, -0.2) is 12.4 Å². The van der Waals surface area contributed by atoms with E-state index in [0.29, 0.717) is 12.4 Å². The van der Waals surface area contributed by atoms with Crippen LogP contribution < -0.4 is 0 Å². The summed E-state index contributed by atoms with van der Waals surface area (Å²) in [5, 5.41) is 0. The third-order valence-electron chi connectivity index (χ3n) is 2.74. The van der Waals surface area contributed by atoms with Gasteiger partial charge in [0.15, 0.2) is 5.76 Å². The van der Waals surface area contributed by atoms with E-state index in [4.69, 9.17) is 4.74 Å². The third kappa shape index (κ3) is 2.06. The number of carbonyl (C=O) groups is 1. The zero-order chi connectivity index (χ0) is 9.80. The molecule has 1 aliphatic heterocycles. The van der Waals surface area contributed by atoms with Gasteiger partial charge >= 0.3 is 0 Å². The van der Waals surface area contributed by atoms with Gasteiger partial charge < -0.3 is 4.74 Å². The zero-order valence-corrected chi connectivity index (χ0v) is 8.42. The van der Waals surface area contributed by atoms with Crippen LogP contribution in [0.3, 0.4) is 0 Å². The van der Waals surface area contributed by atoms with Crippen molar-refractivity contribution in [1.82, 2.24) is 0 Å². The van der Waals surface area contributed by atoms with E-state index in [0.717, 1.165) is 37.7 Å². The summed E-state index contributed by atoms with van der Waals surface area (Å²) in [5.74, 6) is 0.716. The molecule has 0 saturated carbocycles. The molecule has 0 radical (unpaired) electrons. The van der Waals surface area contributed by atoms with Crippen LogP contribution in [0, 0.1) is 0 Å². The lowest BCUT2D eigenvalue weighted by Crippen LogP contribution is -2.14. The second-order valence-electron chi connectivity index (χ2n) is 3.86.